The van der Waals surface area contributed by atoms with Crippen molar-refractivity contribution in [2.24, 2.45) is 0 Å². The maximum atomic E-state index is 12.1. The van der Waals surface area contributed by atoms with Gasteiger partial charge in [-0.3, -0.25) is 9.59 Å². The lowest BCUT2D eigenvalue weighted by molar-refractivity contribution is -0.141. The van der Waals surface area contributed by atoms with Crippen LogP contribution in [0, 0.1) is 6.92 Å². The number of likely N-dealkylation sites (N-methyl/N-ethyl adjacent to an activating group) is 1. The Morgan fingerprint density at radius 2 is 1.80 bits per heavy atom. The quantitative estimate of drug-likeness (QED) is 0.866. The van der Waals surface area contributed by atoms with Crippen LogP contribution in [0.3, 0.4) is 0 Å². The molecule has 4 nitrogen and oxygen atoms in total. The molecule has 1 N–H and O–H groups in total. The number of aryl methyl sites for hydroxylation is 1. The molecule has 20 heavy (non-hydrogen) atoms. The zero-order valence-corrected chi connectivity index (χ0v) is 12.8. The van der Waals surface area contributed by atoms with Crippen molar-refractivity contribution < 1.29 is 9.59 Å². The summed E-state index contributed by atoms with van der Waals surface area (Å²) in [5.74, 6) is -0.109. The molecule has 0 bridgehead atoms. The molecule has 0 aliphatic heterocycles. The lowest BCUT2D eigenvalue weighted by atomic mass is 10.1. The summed E-state index contributed by atoms with van der Waals surface area (Å²) in [6.45, 7) is 6.24. The largest absolute Gasteiger partial charge is 0.357 e. The molecule has 0 unspecified atom stereocenters. The molecular formula is C16H24N2O2. The number of nitrogens with zero attached hydrogens (tertiary/aromatic N) is 1. The van der Waals surface area contributed by atoms with Gasteiger partial charge in [0, 0.05) is 20.0 Å². The molecule has 0 saturated carbocycles. The summed E-state index contributed by atoms with van der Waals surface area (Å²) < 4.78 is 0. The Hall–Kier alpha value is -1.84. The van der Waals surface area contributed by atoms with Crippen molar-refractivity contribution in [2.45, 2.75) is 46.2 Å². The maximum Gasteiger partial charge on any atom is 0.242 e. The Bertz CT molecular complexity index is 454. The monoisotopic (exact) mass is 276 g/mol. The first-order valence-electron chi connectivity index (χ1n) is 7.10. The molecule has 0 spiro atoms. The second-order valence-corrected chi connectivity index (χ2v) is 4.90. The fraction of sp³-hybridized carbons (Fsp3) is 0.500. The molecule has 0 heterocycles. The molecular weight excluding hydrogens is 252 g/mol. The van der Waals surface area contributed by atoms with Crippen molar-refractivity contribution in [3.8, 4) is 0 Å². The summed E-state index contributed by atoms with van der Waals surface area (Å²) in [4.78, 5) is 25.8. The van der Waals surface area contributed by atoms with Crippen LogP contribution in [0.25, 0.3) is 0 Å². The second-order valence-electron chi connectivity index (χ2n) is 4.90. The van der Waals surface area contributed by atoms with E-state index >= 15 is 0 Å². The van der Waals surface area contributed by atoms with Crippen molar-refractivity contribution in [1.82, 2.24) is 10.2 Å². The van der Waals surface area contributed by atoms with Crippen LogP contribution >= 0.6 is 0 Å². The van der Waals surface area contributed by atoms with E-state index < -0.39 is 6.04 Å². The number of carbonyl (C=O) groups is 2. The number of carbonyl (C=O) groups excluding carboxylic acids is 2. The number of amides is 2. The van der Waals surface area contributed by atoms with Crippen LogP contribution in [-0.2, 0) is 16.1 Å². The van der Waals surface area contributed by atoms with E-state index in [0.29, 0.717) is 19.4 Å². The van der Waals surface area contributed by atoms with Gasteiger partial charge in [0.05, 0.1) is 0 Å². The van der Waals surface area contributed by atoms with Gasteiger partial charge in [-0.25, -0.2) is 0 Å². The van der Waals surface area contributed by atoms with Gasteiger partial charge >= 0.3 is 0 Å². The SMILES string of the molecule is CCC(=O)N(Cc1ccc(C)cc1)[C@H](CC)C(=O)NC. The average molecular weight is 276 g/mol. The minimum absolute atomic E-state index is 0.000949. The predicted molar refractivity (Wildman–Crippen MR) is 80.2 cm³/mol. The standard InChI is InChI=1S/C16H24N2O2/c1-5-14(16(20)17-4)18(15(19)6-2)11-13-9-7-12(3)8-10-13/h7-10,14H,5-6,11H2,1-4H3,(H,17,20)/t14-/m1/s1. The summed E-state index contributed by atoms with van der Waals surface area (Å²) >= 11 is 0. The third-order valence-electron chi connectivity index (χ3n) is 3.41. The number of nitrogens with one attached hydrogen (secondary N) is 1. The molecule has 0 saturated heterocycles. The zero-order valence-electron chi connectivity index (χ0n) is 12.8. The van der Waals surface area contributed by atoms with Crippen molar-refractivity contribution in [2.75, 3.05) is 7.05 Å². The molecule has 0 aromatic heterocycles. The van der Waals surface area contributed by atoms with Crippen LogP contribution in [0.15, 0.2) is 24.3 Å². The van der Waals surface area contributed by atoms with Gasteiger partial charge in [-0.15, -0.1) is 0 Å². The predicted octanol–water partition coefficient (Wildman–Crippen LogP) is 2.26. The Labute approximate surface area is 121 Å². The van der Waals surface area contributed by atoms with E-state index in [9.17, 15) is 9.59 Å². The second kappa shape index (κ2) is 7.68. The molecule has 1 aromatic carbocycles. The van der Waals surface area contributed by atoms with Gasteiger partial charge in [-0.1, -0.05) is 43.7 Å². The van der Waals surface area contributed by atoms with Crippen LogP contribution in [0.5, 0.6) is 0 Å². The van der Waals surface area contributed by atoms with Gasteiger partial charge in [0.1, 0.15) is 6.04 Å². The topological polar surface area (TPSA) is 49.4 Å². The summed E-state index contributed by atoms with van der Waals surface area (Å²) in [6, 6.07) is 7.63. The van der Waals surface area contributed by atoms with Crippen molar-refractivity contribution in [3.63, 3.8) is 0 Å². The first-order chi connectivity index (χ1) is 9.53. The van der Waals surface area contributed by atoms with Crippen LogP contribution in [0.2, 0.25) is 0 Å². The number of rotatable bonds is 6. The highest BCUT2D eigenvalue weighted by molar-refractivity contribution is 5.87. The zero-order chi connectivity index (χ0) is 15.1. The highest BCUT2D eigenvalue weighted by Crippen LogP contribution is 2.14. The van der Waals surface area contributed by atoms with E-state index in [1.165, 1.54) is 5.56 Å². The highest BCUT2D eigenvalue weighted by Gasteiger charge is 2.26. The number of benzene rings is 1. The maximum absolute atomic E-state index is 12.1. The van der Waals surface area contributed by atoms with Crippen LogP contribution in [0.4, 0.5) is 0 Å². The Balaban J connectivity index is 2.96. The van der Waals surface area contributed by atoms with Gasteiger partial charge in [0.25, 0.3) is 0 Å². The van der Waals surface area contributed by atoms with Gasteiger partial charge in [0.2, 0.25) is 11.8 Å². The average Bonchev–Trinajstić information content (AvgIpc) is 2.47. The molecule has 1 atom stereocenters. The fourth-order valence-electron chi connectivity index (χ4n) is 2.18. The molecule has 0 fully saturated rings. The number of hydrogen-bond acceptors (Lipinski definition) is 2. The minimum Gasteiger partial charge on any atom is -0.357 e. The van der Waals surface area contributed by atoms with E-state index in [0.717, 1.165) is 5.56 Å². The molecule has 1 rings (SSSR count). The van der Waals surface area contributed by atoms with Crippen molar-refractivity contribution in [1.29, 1.82) is 0 Å². The lowest BCUT2D eigenvalue weighted by Gasteiger charge is -2.30. The summed E-state index contributed by atoms with van der Waals surface area (Å²) in [5.41, 5.74) is 2.22. The third-order valence-corrected chi connectivity index (χ3v) is 3.41. The first kappa shape index (κ1) is 16.2. The molecule has 0 aliphatic rings. The van der Waals surface area contributed by atoms with Crippen LogP contribution in [-0.4, -0.2) is 29.8 Å². The Morgan fingerprint density at radius 3 is 2.25 bits per heavy atom. The lowest BCUT2D eigenvalue weighted by Crippen LogP contribution is -2.47. The highest BCUT2D eigenvalue weighted by atomic mass is 16.2. The molecule has 0 radical (unpaired) electrons. The summed E-state index contributed by atoms with van der Waals surface area (Å²) in [6.07, 6.45) is 1.01. The van der Waals surface area contributed by atoms with Gasteiger partial charge in [-0.2, -0.15) is 0 Å². The normalized spacial score (nSPS) is 11.8. The van der Waals surface area contributed by atoms with Crippen LogP contribution in [0.1, 0.15) is 37.8 Å². The van der Waals surface area contributed by atoms with E-state index in [-0.39, 0.29) is 11.8 Å². The van der Waals surface area contributed by atoms with Gasteiger partial charge in [0.15, 0.2) is 0 Å². The van der Waals surface area contributed by atoms with E-state index in [2.05, 4.69) is 5.32 Å². The van der Waals surface area contributed by atoms with E-state index in [4.69, 9.17) is 0 Å². The van der Waals surface area contributed by atoms with Crippen LogP contribution < -0.4 is 5.32 Å². The fourth-order valence-corrected chi connectivity index (χ4v) is 2.18. The summed E-state index contributed by atoms with van der Waals surface area (Å²) in [7, 11) is 1.60. The van der Waals surface area contributed by atoms with E-state index in [1.807, 2.05) is 45.0 Å². The molecule has 4 heteroatoms. The minimum atomic E-state index is -0.409. The molecule has 0 aliphatic carbocycles. The molecule has 110 valence electrons. The molecule has 1 aromatic rings. The summed E-state index contributed by atoms with van der Waals surface area (Å²) in [5, 5.41) is 2.64. The number of hydrogen-bond donors (Lipinski definition) is 1. The molecule has 2 amide bonds. The smallest absolute Gasteiger partial charge is 0.242 e. The Morgan fingerprint density at radius 1 is 1.20 bits per heavy atom. The van der Waals surface area contributed by atoms with Gasteiger partial charge in [-0.05, 0) is 18.9 Å². The third kappa shape index (κ3) is 4.08. The van der Waals surface area contributed by atoms with Crippen molar-refractivity contribution >= 4 is 11.8 Å². The Kier molecular flexibility index (Phi) is 6.22. The van der Waals surface area contributed by atoms with E-state index in [1.54, 1.807) is 11.9 Å². The van der Waals surface area contributed by atoms with Crippen molar-refractivity contribution in [3.05, 3.63) is 35.4 Å². The van der Waals surface area contributed by atoms with Gasteiger partial charge < -0.3 is 10.2 Å². The first-order valence-corrected chi connectivity index (χ1v) is 7.10.